The number of rotatable bonds is 2. The van der Waals surface area contributed by atoms with Crippen LogP contribution in [0.1, 0.15) is 11.1 Å². The number of nitrogens with zero attached hydrogens (tertiary/aromatic N) is 1. The van der Waals surface area contributed by atoms with Gasteiger partial charge in [0.05, 0.1) is 6.54 Å². The summed E-state index contributed by atoms with van der Waals surface area (Å²) in [6.07, 6.45) is 2.02. The second kappa shape index (κ2) is 4.30. The van der Waals surface area contributed by atoms with Crippen molar-refractivity contribution in [2.75, 3.05) is 0 Å². The summed E-state index contributed by atoms with van der Waals surface area (Å²) in [5.41, 5.74) is 3.12. The van der Waals surface area contributed by atoms with E-state index in [1.807, 2.05) is 24.4 Å². The molecule has 0 atom stereocenters. The third kappa shape index (κ3) is 1.80. The average Bonchev–Trinajstić information content (AvgIpc) is 2.77. The molecule has 0 aliphatic carbocycles. The van der Waals surface area contributed by atoms with E-state index in [2.05, 4.69) is 29.7 Å². The Labute approximate surface area is 105 Å². The number of halogens is 1. The first-order valence-corrected chi connectivity index (χ1v) is 6.03. The van der Waals surface area contributed by atoms with Crippen LogP contribution in [-0.4, -0.2) is 4.57 Å². The fourth-order valence-corrected chi connectivity index (χ4v) is 2.33. The minimum Gasteiger partial charge on any atom is -0.343 e. The number of fused-ring (bicyclic) bond motifs is 1. The summed E-state index contributed by atoms with van der Waals surface area (Å²) in [4.78, 5) is 0. The van der Waals surface area contributed by atoms with Gasteiger partial charge in [-0.1, -0.05) is 30.3 Å². The smallest absolute Gasteiger partial charge is 0.128 e. The summed E-state index contributed by atoms with van der Waals surface area (Å²) < 4.78 is 15.7. The van der Waals surface area contributed by atoms with E-state index in [1.54, 1.807) is 6.07 Å². The van der Waals surface area contributed by atoms with Gasteiger partial charge in [-0.15, -0.1) is 0 Å². The van der Waals surface area contributed by atoms with Crippen LogP contribution < -0.4 is 0 Å². The largest absolute Gasteiger partial charge is 0.343 e. The molecule has 0 amide bonds. The standard InChI is InChI=1S/C16H14FN/c1-12-5-4-8-16-14(12)9-10-18(16)11-13-6-2-3-7-15(13)17/h2-10H,11H2,1H3. The van der Waals surface area contributed by atoms with Gasteiger partial charge in [0.1, 0.15) is 5.82 Å². The molecule has 1 nitrogen and oxygen atoms in total. The van der Waals surface area contributed by atoms with Crippen LogP contribution >= 0.6 is 0 Å². The Hall–Kier alpha value is -2.09. The zero-order valence-electron chi connectivity index (χ0n) is 10.2. The van der Waals surface area contributed by atoms with Crippen LogP contribution in [0.4, 0.5) is 4.39 Å². The zero-order valence-corrected chi connectivity index (χ0v) is 10.2. The van der Waals surface area contributed by atoms with Crippen molar-refractivity contribution in [3.8, 4) is 0 Å². The van der Waals surface area contributed by atoms with Crippen molar-refractivity contribution in [1.29, 1.82) is 0 Å². The SMILES string of the molecule is Cc1cccc2c1ccn2Cc1ccccc1F. The Morgan fingerprint density at radius 1 is 1.00 bits per heavy atom. The molecule has 0 aliphatic heterocycles. The highest BCUT2D eigenvalue weighted by atomic mass is 19.1. The van der Waals surface area contributed by atoms with Gasteiger partial charge in [-0.25, -0.2) is 4.39 Å². The van der Waals surface area contributed by atoms with Gasteiger partial charge < -0.3 is 4.57 Å². The Bertz CT molecular complexity index is 697. The molecule has 0 spiro atoms. The first-order chi connectivity index (χ1) is 8.75. The Kier molecular flexibility index (Phi) is 2.63. The minimum atomic E-state index is -0.146. The number of aryl methyl sites for hydroxylation is 1. The molecule has 0 unspecified atom stereocenters. The number of aromatic nitrogens is 1. The number of hydrogen-bond acceptors (Lipinski definition) is 0. The predicted octanol–water partition coefficient (Wildman–Crippen LogP) is 4.14. The van der Waals surface area contributed by atoms with Gasteiger partial charge in [0, 0.05) is 22.7 Å². The van der Waals surface area contributed by atoms with Crippen molar-refractivity contribution < 1.29 is 4.39 Å². The topological polar surface area (TPSA) is 4.93 Å². The van der Waals surface area contributed by atoms with E-state index in [-0.39, 0.29) is 5.82 Å². The second-order valence-electron chi connectivity index (χ2n) is 4.54. The molecule has 1 aromatic heterocycles. The molecule has 0 radical (unpaired) electrons. The lowest BCUT2D eigenvalue weighted by atomic mass is 10.1. The van der Waals surface area contributed by atoms with Crippen LogP contribution in [0.25, 0.3) is 10.9 Å². The lowest BCUT2D eigenvalue weighted by Gasteiger charge is -2.07. The van der Waals surface area contributed by atoms with Crippen LogP contribution in [0.2, 0.25) is 0 Å². The molecule has 2 heteroatoms. The Morgan fingerprint density at radius 2 is 1.83 bits per heavy atom. The highest BCUT2D eigenvalue weighted by molar-refractivity contribution is 5.83. The maximum atomic E-state index is 13.6. The molecule has 3 rings (SSSR count). The van der Waals surface area contributed by atoms with Gasteiger partial charge in [0.25, 0.3) is 0 Å². The molecule has 3 aromatic rings. The normalized spacial score (nSPS) is 11.0. The predicted molar refractivity (Wildman–Crippen MR) is 72.2 cm³/mol. The van der Waals surface area contributed by atoms with Gasteiger partial charge in [-0.3, -0.25) is 0 Å². The van der Waals surface area contributed by atoms with Crippen LogP contribution in [0.15, 0.2) is 54.7 Å². The molecule has 0 N–H and O–H groups in total. The minimum absolute atomic E-state index is 0.146. The molecule has 0 bridgehead atoms. The quantitative estimate of drug-likeness (QED) is 0.633. The molecular formula is C16H14FN. The maximum absolute atomic E-state index is 13.6. The zero-order chi connectivity index (χ0) is 12.5. The van der Waals surface area contributed by atoms with E-state index in [0.29, 0.717) is 6.54 Å². The van der Waals surface area contributed by atoms with Crippen molar-refractivity contribution >= 4 is 10.9 Å². The highest BCUT2D eigenvalue weighted by Gasteiger charge is 2.05. The van der Waals surface area contributed by atoms with Crippen LogP contribution in [0, 0.1) is 12.7 Å². The monoisotopic (exact) mass is 239 g/mol. The average molecular weight is 239 g/mol. The van der Waals surface area contributed by atoms with Crippen molar-refractivity contribution in [3.63, 3.8) is 0 Å². The second-order valence-corrected chi connectivity index (χ2v) is 4.54. The van der Waals surface area contributed by atoms with Crippen LogP contribution in [0.5, 0.6) is 0 Å². The van der Waals surface area contributed by atoms with Crippen molar-refractivity contribution in [2.45, 2.75) is 13.5 Å². The Morgan fingerprint density at radius 3 is 2.67 bits per heavy atom. The summed E-state index contributed by atoms with van der Waals surface area (Å²) >= 11 is 0. The highest BCUT2D eigenvalue weighted by Crippen LogP contribution is 2.21. The molecule has 1 heterocycles. The van der Waals surface area contributed by atoms with E-state index in [1.165, 1.54) is 17.0 Å². The summed E-state index contributed by atoms with van der Waals surface area (Å²) in [6, 6.07) is 15.2. The van der Waals surface area contributed by atoms with Gasteiger partial charge in [0.15, 0.2) is 0 Å². The third-order valence-corrected chi connectivity index (χ3v) is 3.33. The van der Waals surface area contributed by atoms with Gasteiger partial charge in [-0.05, 0) is 30.7 Å². The van der Waals surface area contributed by atoms with Crippen molar-refractivity contribution in [1.82, 2.24) is 4.57 Å². The lowest BCUT2D eigenvalue weighted by Crippen LogP contribution is -2.00. The maximum Gasteiger partial charge on any atom is 0.128 e. The summed E-state index contributed by atoms with van der Waals surface area (Å²) in [5, 5.41) is 1.23. The number of benzene rings is 2. The molecule has 0 fully saturated rings. The van der Waals surface area contributed by atoms with E-state index in [4.69, 9.17) is 0 Å². The summed E-state index contributed by atoms with van der Waals surface area (Å²) in [5.74, 6) is -0.146. The van der Waals surface area contributed by atoms with Gasteiger partial charge in [-0.2, -0.15) is 0 Å². The van der Waals surface area contributed by atoms with E-state index >= 15 is 0 Å². The molecule has 0 aliphatic rings. The fourth-order valence-electron chi connectivity index (χ4n) is 2.33. The molecule has 18 heavy (non-hydrogen) atoms. The Balaban J connectivity index is 2.06. The lowest BCUT2D eigenvalue weighted by molar-refractivity contribution is 0.602. The number of hydrogen-bond donors (Lipinski definition) is 0. The first kappa shape index (κ1) is 11.0. The van der Waals surface area contributed by atoms with Crippen LogP contribution in [0.3, 0.4) is 0 Å². The fraction of sp³-hybridized carbons (Fsp3) is 0.125. The summed E-state index contributed by atoms with van der Waals surface area (Å²) in [7, 11) is 0. The van der Waals surface area contributed by atoms with Crippen LogP contribution in [-0.2, 0) is 6.54 Å². The van der Waals surface area contributed by atoms with Gasteiger partial charge in [0.2, 0.25) is 0 Å². The summed E-state index contributed by atoms with van der Waals surface area (Å²) in [6.45, 7) is 2.66. The van der Waals surface area contributed by atoms with E-state index < -0.39 is 0 Å². The molecule has 2 aromatic carbocycles. The third-order valence-electron chi connectivity index (χ3n) is 3.33. The molecule has 90 valence electrons. The van der Waals surface area contributed by atoms with E-state index in [0.717, 1.165) is 11.1 Å². The van der Waals surface area contributed by atoms with Crippen molar-refractivity contribution in [3.05, 3.63) is 71.7 Å². The molecule has 0 saturated heterocycles. The molecular weight excluding hydrogens is 225 g/mol. The van der Waals surface area contributed by atoms with Gasteiger partial charge >= 0.3 is 0 Å². The molecule has 0 saturated carbocycles. The van der Waals surface area contributed by atoms with E-state index in [9.17, 15) is 4.39 Å². The first-order valence-electron chi connectivity index (χ1n) is 6.03. The van der Waals surface area contributed by atoms with Crippen molar-refractivity contribution in [2.24, 2.45) is 0 Å².